The molecule has 24 heavy (non-hydrogen) atoms. The first-order chi connectivity index (χ1) is 11.3. The third-order valence-corrected chi connectivity index (χ3v) is 6.38. The maximum atomic E-state index is 12.4. The van der Waals surface area contributed by atoms with Crippen LogP contribution in [0.3, 0.4) is 0 Å². The fourth-order valence-corrected chi connectivity index (χ4v) is 4.99. The normalized spacial score (nSPS) is 23.0. The monoisotopic (exact) mass is 461 g/mol. The van der Waals surface area contributed by atoms with Gasteiger partial charge in [-0.3, -0.25) is 9.59 Å². The van der Waals surface area contributed by atoms with Crippen molar-refractivity contribution in [1.29, 1.82) is 0 Å². The summed E-state index contributed by atoms with van der Waals surface area (Å²) in [6.07, 6.45) is 0.781. The number of nitrogens with one attached hydrogen (secondary N) is 1. The SMILES string of the molecule is O=C(Nc1cccc(I)c1)C1=NN([C@@H]2CCS(=O)(=O)C2)C(=O)CC1. The van der Waals surface area contributed by atoms with E-state index in [1.807, 2.05) is 18.2 Å². The van der Waals surface area contributed by atoms with Crippen LogP contribution in [-0.4, -0.2) is 48.5 Å². The van der Waals surface area contributed by atoms with E-state index in [9.17, 15) is 18.0 Å². The third-order valence-electron chi connectivity index (χ3n) is 3.96. The van der Waals surface area contributed by atoms with Gasteiger partial charge in [-0.25, -0.2) is 13.4 Å². The molecule has 1 aromatic carbocycles. The molecule has 0 bridgehead atoms. The molecule has 1 atom stereocenters. The van der Waals surface area contributed by atoms with Crippen LogP contribution < -0.4 is 5.32 Å². The van der Waals surface area contributed by atoms with E-state index in [0.717, 1.165) is 3.57 Å². The molecular weight excluding hydrogens is 445 g/mol. The minimum absolute atomic E-state index is 0.0565. The van der Waals surface area contributed by atoms with Crippen LogP contribution in [0.4, 0.5) is 5.69 Å². The lowest BCUT2D eigenvalue weighted by Crippen LogP contribution is -2.42. The van der Waals surface area contributed by atoms with E-state index >= 15 is 0 Å². The summed E-state index contributed by atoms with van der Waals surface area (Å²) in [5.74, 6) is -0.632. The molecule has 1 aromatic rings. The molecule has 7 nitrogen and oxygen atoms in total. The Labute approximate surface area is 153 Å². The number of carbonyl (C=O) groups is 2. The average molecular weight is 461 g/mol. The van der Waals surface area contributed by atoms with Crippen LogP contribution in [0.5, 0.6) is 0 Å². The lowest BCUT2D eigenvalue weighted by atomic mass is 10.1. The predicted octanol–water partition coefficient (Wildman–Crippen LogP) is 1.40. The van der Waals surface area contributed by atoms with E-state index in [-0.39, 0.29) is 41.9 Å². The van der Waals surface area contributed by atoms with Gasteiger partial charge in [0.15, 0.2) is 9.84 Å². The van der Waals surface area contributed by atoms with Gasteiger partial charge in [0.25, 0.3) is 5.91 Å². The summed E-state index contributed by atoms with van der Waals surface area (Å²) in [5, 5.41) is 8.11. The summed E-state index contributed by atoms with van der Waals surface area (Å²) in [6.45, 7) is 0. The van der Waals surface area contributed by atoms with Crippen molar-refractivity contribution < 1.29 is 18.0 Å². The fraction of sp³-hybridized carbons (Fsp3) is 0.400. The van der Waals surface area contributed by atoms with E-state index in [1.54, 1.807) is 6.07 Å². The van der Waals surface area contributed by atoms with Crippen LogP contribution in [0.2, 0.25) is 0 Å². The largest absolute Gasteiger partial charge is 0.321 e. The molecular formula is C15H16IN3O4S. The van der Waals surface area contributed by atoms with Crippen molar-refractivity contribution in [2.24, 2.45) is 5.10 Å². The highest BCUT2D eigenvalue weighted by molar-refractivity contribution is 14.1. The molecule has 0 aliphatic carbocycles. The standard InChI is InChI=1S/C15H16IN3O4S/c16-10-2-1-3-11(8-10)17-15(21)13-4-5-14(20)19(18-13)12-6-7-24(22,23)9-12/h1-3,8,12H,4-7,9H2,(H,17,21)/t12-/m1/s1. The Morgan fingerprint density at radius 1 is 1.33 bits per heavy atom. The lowest BCUT2D eigenvalue weighted by molar-refractivity contribution is -0.133. The van der Waals surface area contributed by atoms with E-state index in [4.69, 9.17) is 0 Å². The van der Waals surface area contributed by atoms with Crippen LogP contribution in [0.25, 0.3) is 0 Å². The smallest absolute Gasteiger partial charge is 0.271 e. The summed E-state index contributed by atoms with van der Waals surface area (Å²) < 4.78 is 24.2. The molecule has 2 aliphatic rings. The van der Waals surface area contributed by atoms with Crippen LogP contribution in [-0.2, 0) is 19.4 Å². The zero-order valence-electron chi connectivity index (χ0n) is 12.7. The van der Waals surface area contributed by atoms with Crippen LogP contribution >= 0.6 is 22.6 Å². The van der Waals surface area contributed by atoms with Gasteiger partial charge in [0.1, 0.15) is 5.71 Å². The number of rotatable bonds is 3. The second kappa shape index (κ2) is 6.79. The van der Waals surface area contributed by atoms with Gasteiger partial charge in [-0.05, 0) is 47.2 Å². The third kappa shape index (κ3) is 3.94. The molecule has 2 amide bonds. The number of sulfone groups is 1. The van der Waals surface area contributed by atoms with Gasteiger partial charge >= 0.3 is 0 Å². The molecule has 1 N–H and O–H groups in total. The zero-order valence-corrected chi connectivity index (χ0v) is 15.7. The first-order valence-electron chi connectivity index (χ1n) is 7.51. The van der Waals surface area contributed by atoms with Crippen molar-refractivity contribution in [2.75, 3.05) is 16.8 Å². The van der Waals surface area contributed by atoms with Crippen molar-refractivity contribution in [3.8, 4) is 0 Å². The first kappa shape index (κ1) is 17.3. The second-order valence-electron chi connectivity index (χ2n) is 5.81. The molecule has 0 radical (unpaired) electrons. The summed E-state index contributed by atoms with van der Waals surface area (Å²) in [5.41, 5.74) is 0.902. The van der Waals surface area contributed by atoms with Gasteiger partial charge in [-0.1, -0.05) is 6.07 Å². The van der Waals surface area contributed by atoms with Crippen LogP contribution in [0.15, 0.2) is 29.4 Å². The molecule has 0 spiro atoms. The number of hydrazone groups is 1. The molecule has 128 valence electrons. The Kier molecular flexibility index (Phi) is 4.90. The van der Waals surface area contributed by atoms with Gasteiger partial charge in [-0.15, -0.1) is 0 Å². The van der Waals surface area contributed by atoms with Crippen molar-refractivity contribution in [3.05, 3.63) is 27.8 Å². The molecule has 2 aliphatic heterocycles. The summed E-state index contributed by atoms with van der Waals surface area (Å²) in [6, 6.07) is 6.88. The topological polar surface area (TPSA) is 95.9 Å². The maximum absolute atomic E-state index is 12.4. The minimum atomic E-state index is -3.12. The summed E-state index contributed by atoms with van der Waals surface area (Å²) in [4.78, 5) is 24.4. The molecule has 1 fully saturated rings. The van der Waals surface area contributed by atoms with Crippen LogP contribution in [0.1, 0.15) is 19.3 Å². The Morgan fingerprint density at radius 2 is 2.12 bits per heavy atom. The maximum Gasteiger partial charge on any atom is 0.271 e. The first-order valence-corrected chi connectivity index (χ1v) is 10.4. The van der Waals surface area contributed by atoms with E-state index in [0.29, 0.717) is 12.1 Å². The van der Waals surface area contributed by atoms with Gasteiger partial charge in [-0.2, -0.15) is 5.10 Å². The number of benzene rings is 1. The Hall–Kier alpha value is -1.49. The molecule has 0 unspecified atom stereocenters. The fourth-order valence-electron chi connectivity index (χ4n) is 2.76. The quantitative estimate of drug-likeness (QED) is 0.689. The van der Waals surface area contributed by atoms with Crippen LogP contribution in [0, 0.1) is 3.57 Å². The second-order valence-corrected chi connectivity index (χ2v) is 9.28. The number of nitrogens with zero attached hydrogens (tertiary/aromatic N) is 2. The van der Waals surface area contributed by atoms with E-state index < -0.39 is 15.9 Å². The van der Waals surface area contributed by atoms with Gasteiger partial charge < -0.3 is 5.32 Å². The number of hydrogen-bond acceptors (Lipinski definition) is 5. The van der Waals surface area contributed by atoms with E-state index in [1.165, 1.54) is 5.01 Å². The number of anilines is 1. The summed E-state index contributed by atoms with van der Waals surface area (Å²) >= 11 is 2.15. The number of carbonyl (C=O) groups excluding carboxylic acids is 2. The highest BCUT2D eigenvalue weighted by Gasteiger charge is 2.37. The highest BCUT2D eigenvalue weighted by atomic mass is 127. The van der Waals surface area contributed by atoms with Crippen molar-refractivity contribution in [1.82, 2.24) is 5.01 Å². The molecule has 0 saturated carbocycles. The van der Waals surface area contributed by atoms with Gasteiger partial charge in [0.05, 0.1) is 17.5 Å². The minimum Gasteiger partial charge on any atom is -0.321 e. The molecule has 0 aromatic heterocycles. The van der Waals surface area contributed by atoms with E-state index in [2.05, 4.69) is 33.0 Å². The average Bonchev–Trinajstić information content (AvgIpc) is 2.87. The molecule has 1 saturated heterocycles. The number of hydrogen-bond donors (Lipinski definition) is 1. The lowest BCUT2D eigenvalue weighted by Gasteiger charge is -2.27. The Bertz CT molecular complexity index is 822. The van der Waals surface area contributed by atoms with Crippen molar-refractivity contribution >= 4 is 55.6 Å². The zero-order chi connectivity index (χ0) is 17.3. The number of halogens is 1. The van der Waals surface area contributed by atoms with Gasteiger partial charge in [0.2, 0.25) is 5.91 Å². The highest BCUT2D eigenvalue weighted by Crippen LogP contribution is 2.22. The Balaban J connectivity index is 1.76. The molecule has 3 rings (SSSR count). The molecule has 9 heteroatoms. The molecule has 2 heterocycles. The predicted molar refractivity (Wildman–Crippen MR) is 98.4 cm³/mol. The Morgan fingerprint density at radius 3 is 2.79 bits per heavy atom. The summed E-state index contributed by atoms with van der Waals surface area (Å²) in [7, 11) is -3.12. The number of amides is 2. The van der Waals surface area contributed by atoms with Crippen molar-refractivity contribution in [3.63, 3.8) is 0 Å². The van der Waals surface area contributed by atoms with Crippen molar-refractivity contribution in [2.45, 2.75) is 25.3 Å². The van der Waals surface area contributed by atoms with Gasteiger partial charge in [0, 0.05) is 22.1 Å².